The predicted octanol–water partition coefficient (Wildman–Crippen LogP) is 2.43. The van der Waals surface area contributed by atoms with E-state index in [4.69, 9.17) is 11.6 Å². The van der Waals surface area contributed by atoms with Crippen LogP contribution in [0.5, 0.6) is 0 Å². The molecular formula is C13H22ClN5S. The third-order valence-electron chi connectivity index (χ3n) is 3.35. The summed E-state index contributed by atoms with van der Waals surface area (Å²) in [6.45, 7) is 7.03. The number of thioether (sulfide) groups is 1. The summed E-state index contributed by atoms with van der Waals surface area (Å²) >= 11 is 7.92. The van der Waals surface area contributed by atoms with E-state index in [-0.39, 0.29) is 0 Å². The second-order valence-corrected chi connectivity index (χ2v) is 6.09. The molecule has 0 unspecified atom stereocenters. The largest absolute Gasteiger partial charge is 0.354 e. The molecule has 0 bridgehead atoms. The summed E-state index contributed by atoms with van der Waals surface area (Å²) in [6, 6.07) is 0. The van der Waals surface area contributed by atoms with Gasteiger partial charge in [0.05, 0.1) is 4.90 Å². The van der Waals surface area contributed by atoms with Crippen molar-refractivity contribution in [1.82, 2.24) is 14.9 Å². The number of nitrogens with zero attached hydrogens (tertiary/aromatic N) is 4. The summed E-state index contributed by atoms with van der Waals surface area (Å²) in [5.41, 5.74) is 0. The Kier molecular flexibility index (Phi) is 5.74. The third kappa shape index (κ3) is 3.68. The Morgan fingerprint density at radius 1 is 1.25 bits per heavy atom. The molecule has 7 heteroatoms. The second-order valence-electron chi connectivity index (χ2n) is 4.91. The molecule has 20 heavy (non-hydrogen) atoms. The first-order valence-corrected chi connectivity index (χ1v) is 8.54. The van der Waals surface area contributed by atoms with Gasteiger partial charge in [-0.1, -0.05) is 18.5 Å². The van der Waals surface area contributed by atoms with E-state index >= 15 is 0 Å². The summed E-state index contributed by atoms with van der Waals surface area (Å²) in [5.74, 6) is 1.59. The van der Waals surface area contributed by atoms with Crippen LogP contribution >= 0.6 is 23.4 Å². The first kappa shape index (κ1) is 15.7. The van der Waals surface area contributed by atoms with Gasteiger partial charge < -0.3 is 15.1 Å². The van der Waals surface area contributed by atoms with Crippen molar-refractivity contribution in [3.8, 4) is 0 Å². The molecule has 112 valence electrons. The Hall–Kier alpha value is -0.720. The molecule has 1 aromatic heterocycles. The number of rotatable bonds is 5. The molecule has 1 aliphatic rings. The monoisotopic (exact) mass is 315 g/mol. The fourth-order valence-electron chi connectivity index (χ4n) is 2.14. The van der Waals surface area contributed by atoms with Crippen molar-refractivity contribution in [2.24, 2.45) is 0 Å². The SMILES string of the molecule is CCCNc1nc(Cl)c(SC)c(N2CCN(C)CC2)n1. The first-order valence-electron chi connectivity index (χ1n) is 6.94. The van der Waals surface area contributed by atoms with Crippen molar-refractivity contribution in [3.63, 3.8) is 0 Å². The van der Waals surface area contributed by atoms with Crippen LogP contribution in [-0.2, 0) is 0 Å². The molecule has 0 atom stereocenters. The van der Waals surface area contributed by atoms with Gasteiger partial charge in [0.1, 0.15) is 11.0 Å². The van der Waals surface area contributed by atoms with Crippen LogP contribution in [0.2, 0.25) is 5.15 Å². The maximum Gasteiger partial charge on any atom is 0.226 e. The third-order valence-corrected chi connectivity index (χ3v) is 4.52. The smallest absolute Gasteiger partial charge is 0.226 e. The van der Waals surface area contributed by atoms with Gasteiger partial charge in [0.25, 0.3) is 0 Å². The van der Waals surface area contributed by atoms with Crippen molar-refractivity contribution < 1.29 is 0 Å². The number of anilines is 2. The van der Waals surface area contributed by atoms with Crippen molar-refractivity contribution in [3.05, 3.63) is 5.15 Å². The highest BCUT2D eigenvalue weighted by molar-refractivity contribution is 7.98. The minimum Gasteiger partial charge on any atom is -0.354 e. The average molecular weight is 316 g/mol. The second kappa shape index (κ2) is 7.33. The minimum atomic E-state index is 0.542. The highest BCUT2D eigenvalue weighted by Crippen LogP contribution is 2.34. The van der Waals surface area contributed by atoms with Crippen LogP contribution in [0, 0.1) is 0 Å². The standard InChI is InChI=1S/C13H22ClN5S/c1-4-5-15-13-16-11(14)10(20-3)12(17-13)19-8-6-18(2)7-9-19/h4-9H2,1-3H3,(H,15,16,17). The highest BCUT2D eigenvalue weighted by Gasteiger charge is 2.21. The number of piperazine rings is 1. The van der Waals surface area contributed by atoms with Gasteiger partial charge in [-0.15, -0.1) is 11.8 Å². The zero-order valence-corrected chi connectivity index (χ0v) is 13.9. The fourth-order valence-corrected chi connectivity index (χ4v) is 3.10. The molecule has 2 heterocycles. The number of aromatic nitrogens is 2. The van der Waals surface area contributed by atoms with Gasteiger partial charge in [-0.25, -0.2) is 0 Å². The van der Waals surface area contributed by atoms with Crippen LogP contribution in [-0.4, -0.2) is 60.9 Å². The first-order chi connectivity index (χ1) is 9.65. The number of hydrogen-bond acceptors (Lipinski definition) is 6. The van der Waals surface area contributed by atoms with Gasteiger partial charge in [0.2, 0.25) is 5.95 Å². The molecule has 0 saturated carbocycles. The van der Waals surface area contributed by atoms with E-state index in [1.807, 2.05) is 6.26 Å². The number of likely N-dealkylation sites (N-methyl/N-ethyl adjacent to an activating group) is 1. The molecule has 1 aromatic rings. The molecule has 0 spiro atoms. The van der Waals surface area contributed by atoms with Crippen LogP contribution in [0.25, 0.3) is 0 Å². The lowest BCUT2D eigenvalue weighted by Crippen LogP contribution is -2.45. The van der Waals surface area contributed by atoms with Gasteiger partial charge in [0, 0.05) is 32.7 Å². The van der Waals surface area contributed by atoms with E-state index < -0.39 is 0 Å². The van der Waals surface area contributed by atoms with E-state index in [1.165, 1.54) is 0 Å². The number of nitrogens with one attached hydrogen (secondary N) is 1. The van der Waals surface area contributed by atoms with Crippen molar-refractivity contribution in [1.29, 1.82) is 0 Å². The van der Waals surface area contributed by atoms with E-state index in [9.17, 15) is 0 Å². The zero-order chi connectivity index (χ0) is 14.5. The van der Waals surface area contributed by atoms with Crippen LogP contribution in [0.1, 0.15) is 13.3 Å². The topological polar surface area (TPSA) is 44.3 Å². The Bertz CT molecular complexity index is 449. The van der Waals surface area contributed by atoms with Gasteiger partial charge >= 0.3 is 0 Å². The maximum absolute atomic E-state index is 6.31. The van der Waals surface area contributed by atoms with Gasteiger partial charge in [0.15, 0.2) is 0 Å². The molecule has 5 nitrogen and oxygen atoms in total. The Morgan fingerprint density at radius 2 is 1.95 bits per heavy atom. The lowest BCUT2D eigenvalue weighted by Gasteiger charge is -2.34. The molecule has 0 aromatic carbocycles. The predicted molar refractivity (Wildman–Crippen MR) is 87.3 cm³/mol. The highest BCUT2D eigenvalue weighted by atomic mass is 35.5. The van der Waals surface area contributed by atoms with E-state index in [1.54, 1.807) is 11.8 Å². The van der Waals surface area contributed by atoms with E-state index in [0.29, 0.717) is 11.1 Å². The summed E-state index contributed by atoms with van der Waals surface area (Å²) in [6.07, 6.45) is 3.05. The molecule has 1 fully saturated rings. The molecule has 0 amide bonds. The number of hydrogen-bond donors (Lipinski definition) is 1. The lowest BCUT2D eigenvalue weighted by molar-refractivity contribution is 0.311. The quantitative estimate of drug-likeness (QED) is 0.665. The normalized spacial score (nSPS) is 16.5. The van der Waals surface area contributed by atoms with Crippen molar-refractivity contribution >= 4 is 35.1 Å². The molecule has 1 aliphatic heterocycles. The maximum atomic E-state index is 6.31. The fraction of sp³-hybridized carbons (Fsp3) is 0.692. The van der Waals surface area contributed by atoms with Gasteiger partial charge in [-0.2, -0.15) is 9.97 Å². The summed E-state index contributed by atoms with van der Waals surface area (Å²) in [7, 11) is 2.15. The van der Waals surface area contributed by atoms with Crippen LogP contribution in [0.3, 0.4) is 0 Å². The molecule has 1 saturated heterocycles. The Labute approximate surface area is 130 Å². The zero-order valence-electron chi connectivity index (χ0n) is 12.3. The molecule has 0 radical (unpaired) electrons. The van der Waals surface area contributed by atoms with E-state index in [2.05, 4.69) is 39.1 Å². The van der Waals surface area contributed by atoms with E-state index in [0.717, 1.165) is 49.9 Å². The van der Waals surface area contributed by atoms with Crippen LogP contribution < -0.4 is 10.2 Å². The van der Waals surface area contributed by atoms with Gasteiger partial charge in [-0.05, 0) is 19.7 Å². The Morgan fingerprint density at radius 3 is 2.55 bits per heavy atom. The summed E-state index contributed by atoms with van der Waals surface area (Å²) in [4.78, 5) is 14.6. The van der Waals surface area contributed by atoms with Crippen molar-refractivity contribution in [2.75, 3.05) is 56.2 Å². The minimum absolute atomic E-state index is 0.542. The molecule has 2 rings (SSSR count). The average Bonchev–Trinajstić information content (AvgIpc) is 2.45. The van der Waals surface area contributed by atoms with Crippen LogP contribution in [0.4, 0.5) is 11.8 Å². The van der Waals surface area contributed by atoms with Crippen molar-refractivity contribution in [2.45, 2.75) is 18.2 Å². The van der Waals surface area contributed by atoms with Gasteiger partial charge in [-0.3, -0.25) is 0 Å². The van der Waals surface area contributed by atoms with Crippen LogP contribution in [0.15, 0.2) is 4.90 Å². The summed E-state index contributed by atoms with van der Waals surface area (Å²) < 4.78 is 0. The molecule has 0 aliphatic carbocycles. The molecule has 1 N–H and O–H groups in total. The Balaban J connectivity index is 2.26. The number of halogens is 1. The lowest BCUT2D eigenvalue weighted by atomic mass is 10.3. The summed E-state index contributed by atoms with van der Waals surface area (Å²) in [5, 5.41) is 3.76. The molecular weight excluding hydrogens is 294 g/mol.